The fourth-order valence-electron chi connectivity index (χ4n) is 1.81. The Hall–Kier alpha value is -1.89. The average molecular weight is 221 g/mol. The van der Waals surface area contributed by atoms with Gasteiger partial charge in [0.15, 0.2) is 11.2 Å². The molecule has 3 heterocycles. The molecule has 1 fully saturated rings. The van der Waals surface area contributed by atoms with Gasteiger partial charge in [0.25, 0.3) is 5.56 Å². The number of hydrogen-bond acceptors (Lipinski definition) is 5. The number of aromatic amines is 1. The maximum Gasteiger partial charge on any atom is 0.278 e. The Bertz CT molecular complexity index is 554. The number of hydrogen-bond donors (Lipinski definition) is 1. The zero-order chi connectivity index (χ0) is 11.0. The van der Waals surface area contributed by atoms with Crippen LogP contribution in [-0.2, 0) is 4.74 Å². The molecule has 3 rings (SSSR count). The van der Waals surface area contributed by atoms with Gasteiger partial charge < -0.3 is 14.7 Å². The lowest BCUT2D eigenvalue weighted by atomic mass is 10.5. The molecule has 0 spiro atoms. The number of H-pyrrole nitrogens is 1. The second kappa shape index (κ2) is 3.60. The monoisotopic (exact) mass is 221 g/mol. The van der Waals surface area contributed by atoms with Gasteiger partial charge >= 0.3 is 0 Å². The lowest BCUT2D eigenvalue weighted by molar-refractivity contribution is 0.112. The highest BCUT2D eigenvalue weighted by atomic mass is 16.5. The second-order valence-corrected chi connectivity index (χ2v) is 3.56. The number of nitrogens with zero attached hydrogens (tertiary/aromatic N) is 4. The van der Waals surface area contributed by atoms with Gasteiger partial charge in [-0.15, -0.1) is 0 Å². The summed E-state index contributed by atoms with van der Waals surface area (Å²) in [7, 11) is 0. The molecule has 0 bridgehead atoms. The van der Waals surface area contributed by atoms with E-state index < -0.39 is 0 Å². The Morgan fingerprint density at radius 3 is 2.94 bits per heavy atom. The zero-order valence-corrected chi connectivity index (χ0v) is 8.59. The number of imidazole rings is 1. The molecule has 0 radical (unpaired) electrons. The Morgan fingerprint density at radius 1 is 1.31 bits per heavy atom. The largest absolute Gasteiger partial charge is 0.378 e. The van der Waals surface area contributed by atoms with Crippen molar-refractivity contribution in [3.63, 3.8) is 0 Å². The zero-order valence-electron chi connectivity index (χ0n) is 8.59. The summed E-state index contributed by atoms with van der Waals surface area (Å²) in [6.45, 7) is 2.92. The Morgan fingerprint density at radius 2 is 2.12 bits per heavy atom. The Kier molecular flexibility index (Phi) is 2.10. The number of aromatic nitrogens is 4. The maximum atomic E-state index is 11.5. The summed E-state index contributed by atoms with van der Waals surface area (Å²) in [6.07, 6.45) is 3.02. The summed E-state index contributed by atoms with van der Waals surface area (Å²) in [5.74, 6) is 0. The molecule has 0 amide bonds. The van der Waals surface area contributed by atoms with E-state index in [4.69, 9.17) is 4.74 Å². The third kappa shape index (κ3) is 1.36. The number of rotatable bonds is 1. The highest BCUT2D eigenvalue weighted by Crippen LogP contribution is 2.06. The molecular weight excluding hydrogens is 210 g/mol. The minimum Gasteiger partial charge on any atom is -0.378 e. The predicted octanol–water partition coefficient (Wildman–Crippen LogP) is -0.912. The molecule has 0 unspecified atom stereocenters. The van der Waals surface area contributed by atoms with Crippen molar-refractivity contribution in [2.24, 2.45) is 0 Å². The summed E-state index contributed by atoms with van der Waals surface area (Å²) < 4.78 is 7.08. The van der Waals surface area contributed by atoms with Crippen LogP contribution in [0.15, 0.2) is 17.4 Å². The summed E-state index contributed by atoms with van der Waals surface area (Å²) in [6, 6.07) is 0. The number of nitrogens with one attached hydrogen (secondary N) is 1. The smallest absolute Gasteiger partial charge is 0.278 e. The highest BCUT2D eigenvalue weighted by Gasteiger charge is 2.15. The summed E-state index contributed by atoms with van der Waals surface area (Å²) in [5.41, 5.74) is 0.747. The van der Waals surface area contributed by atoms with E-state index in [2.05, 4.69) is 20.0 Å². The lowest BCUT2D eigenvalue weighted by Crippen LogP contribution is -2.43. The molecule has 84 valence electrons. The van der Waals surface area contributed by atoms with E-state index in [-0.39, 0.29) is 5.56 Å². The van der Waals surface area contributed by atoms with Crippen LogP contribution in [0.25, 0.3) is 11.2 Å². The standard InChI is InChI=1S/C9H11N5O2/c15-9-7-8(10-5-11-9)14(6-12-7)13-1-3-16-4-2-13/h5-6H,1-4H2,(H,10,11,15). The quantitative estimate of drug-likeness (QED) is 0.674. The van der Waals surface area contributed by atoms with E-state index in [0.29, 0.717) is 24.4 Å². The first-order chi connectivity index (χ1) is 7.86. The van der Waals surface area contributed by atoms with Gasteiger partial charge in [0, 0.05) is 0 Å². The Labute approximate surface area is 90.7 Å². The van der Waals surface area contributed by atoms with Crippen LogP contribution in [0, 0.1) is 0 Å². The van der Waals surface area contributed by atoms with Crippen LogP contribution >= 0.6 is 0 Å². The minimum absolute atomic E-state index is 0.211. The first-order valence-corrected chi connectivity index (χ1v) is 5.10. The summed E-state index contributed by atoms with van der Waals surface area (Å²) in [5, 5.41) is 2.06. The first kappa shape index (κ1) is 9.34. The van der Waals surface area contributed by atoms with Crippen molar-refractivity contribution < 1.29 is 4.74 Å². The molecule has 1 saturated heterocycles. The van der Waals surface area contributed by atoms with Crippen LogP contribution in [0.5, 0.6) is 0 Å². The van der Waals surface area contributed by atoms with Crippen LogP contribution in [0.3, 0.4) is 0 Å². The lowest BCUT2D eigenvalue weighted by Gasteiger charge is -2.29. The van der Waals surface area contributed by atoms with Gasteiger partial charge in [-0.25, -0.2) is 14.6 Å². The molecule has 2 aromatic heterocycles. The van der Waals surface area contributed by atoms with Crippen LogP contribution < -0.4 is 10.6 Å². The molecule has 7 nitrogen and oxygen atoms in total. The van der Waals surface area contributed by atoms with Crippen molar-refractivity contribution >= 4 is 11.2 Å². The fraction of sp³-hybridized carbons (Fsp3) is 0.444. The molecule has 1 aliphatic heterocycles. The van der Waals surface area contributed by atoms with Gasteiger partial charge in [-0.2, -0.15) is 0 Å². The van der Waals surface area contributed by atoms with E-state index in [9.17, 15) is 4.79 Å². The van der Waals surface area contributed by atoms with Crippen molar-refractivity contribution in [1.82, 2.24) is 19.6 Å². The van der Waals surface area contributed by atoms with Crippen LogP contribution in [0.4, 0.5) is 0 Å². The van der Waals surface area contributed by atoms with Crippen molar-refractivity contribution in [3.8, 4) is 0 Å². The topological polar surface area (TPSA) is 76.0 Å². The van der Waals surface area contributed by atoms with Crippen LogP contribution in [0.1, 0.15) is 0 Å². The molecule has 7 heteroatoms. The first-order valence-electron chi connectivity index (χ1n) is 5.10. The fourth-order valence-corrected chi connectivity index (χ4v) is 1.81. The van der Waals surface area contributed by atoms with Crippen molar-refractivity contribution in [1.29, 1.82) is 0 Å². The van der Waals surface area contributed by atoms with Gasteiger partial charge in [-0.3, -0.25) is 4.79 Å². The average Bonchev–Trinajstić information content (AvgIpc) is 2.75. The third-order valence-electron chi connectivity index (χ3n) is 2.61. The summed E-state index contributed by atoms with van der Waals surface area (Å²) in [4.78, 5) is 22.2. The van der Waals surface area contributed by atoms with Crippen LogP contribution in [0.2, 0.25) is 0 Å². The van der Waals surface area contributed by atoms with E-state index in [0.717, 1.165) is 13.1 Å². The van der Waals surface area contributed by atoms with Crippen molar-refractivity contribution in [2.75, 3.05) is 31.3 Å². The van der Waals surface area contributed by atoms with Gasteiger partial charge in [-0.05, 0) is 0 Å². The van der Waals surface area contributed by atoms with Gasteiger partial charge in [0.1, 0.15) is 6.33 Å². The highest BCUT2D eigenvalue weighted by molar-refractivity contribution is 5.69. The molecule has 1 aliphatic rings. The molecule has 1 N–H and O–H groups in total. The Balaban J connectivity index is 2.10. The molecule has 0 atom stereocenters. The summed E-state index contributed by atoms with van der Waals surface area (Å²) >= 11 is 0. The minimum atomic E-state index is -0.211. The SMILES string of the molecule is O=c1[nH]cnc2c1ncn2N1CCOCC1. The molecule has 0 saturated carbocycles. The van der Waals surface area contributed by atoms with Crippen molar-refractivity contribution in [2.45, 2.75) is 0 Å². The molecule has 2 aromatic rings. The maximum absolute atomic E-state index is 11.5. The third-order valence-corrected chi connectivity index (χ3v) is 2.61. The van der Waals surface area contributed by atoms with E-state index in [1.807, 2.05) is 4.68 Å². The van der Waals surface area contributed by atoms with Gasteiger partial charge in [0.2, 0.25) is 0 Å². The molecule has 16 heavy (non-hydrogen) atoms. The van der Waals surface area contributed by atoms with Crippen molar-refractivity contribution in [3.05, 3.63) is 23.0 Å². The van der Waals surface area contributed by atoms with E-state index in [1.54, 1.807) is 6.33 Å². The number of fused-ring (bicyclic) bond motifs is 1. The predicted molar refractivity (Wildman–Crippen MR) is 56.9 cm³/mol. The molecular formula is C9H11N5O2. The van der Waals surface area contributed by atoms with E-state index in [1.165, 1.54) is 6.33 Å². The van der Waals surface area contributed by atoms with E-state index >= 15 is 0 Å². The van der Waals surface area contributed by atoms with Gasteiger partial charge in [-0.1, -0.05) is 0 Å². The number of morpholine rings is 1. The second-order valence-electron chi connectivity index (χ2n) is 3.56. The van der Waals surface area contributed by atoms with Gasteiger partial charge in [0.05, 0.1) is 32.6 Å². The molecule has 0 aliphatic carbocycles. The number of ether oxygens (including phenoxy) is 1. The molecule has 0 aromatic carbocycles. The normalized spacial score (nSPS) is 16.9. The van der Waals surface area contributed by atoms with Crippen LogP contribution in [-0.4, -0.2) is 45.9 Å².